The van der Waals surface area contributed by atoms with Gasteiger partial charge in [0.25, 0.3) is 0 Å². The molecule has 2 atom stereocenters. The third kappa shape index (κ3) is 1.85. The van der Waals surface area contributed by atoms with Crippen molar-refractivity contribution in [1.82, 2.24) is 5.32 Å². The van der Waals surface area contributed by atoms with E-state index in [2.05, 4.69) is 5.32 Å². The van der Waals surface area contributed by atoms with Gasteiger partial charge in [0.05, 0.1) is 23.3 Å². The van der Waals surface area contributed by atoms with Crippen LogP contribution in [0.15, 0.2) is 23.9 Å². The number of nitrogens with one attached hydrogen (secondary N) is 1. The highest BCUT2D eigenvalue weighted by atomic mass is 16.5. The Bertz CT molecular complexity index is 383. The smallest absolute Gasteiger partial charge is 0.337 e. The molecule has 1 saturated heterocycles. The molecule has 2 aliphatic rings. The molecule has 1 fully saturated rings. The second kappa shape index (κ2) is 4.16. The lowest BCUT2D eigenvalue weighted by Gasteiger charge is -2.45. The lowest BCUT2D eigenvalue weighted by atomic mass is 9.73. The minimum absolute atomic E-state index is 0.247. The summed E-state index contributed by atoms with van der Waals surface area (Å²) in [4.78, 5) is 10.8. The van der Waals surface area contributed by atoms with E-state index >= 15 is 0 Å². The van der Waals surface area contributed by atoms with E-state index in [4.69, 9.17) is 15.6 Å². The summed E-state index contributed by atoms with van der Waals surface area (Å²) in [6.45, 7) is 3.18. The zero-order valence-corrected chi connectivity index (χ0v) is 9.90. The molecular formula is C12H18N2O3. The highest BCUT2D eigenvalue weighted by Crippen LogP contribution is 2.34. The average molecular weight is 238 g/mol. The fourth-order valence-electron chi connectivity index (χ4n) is 2.48. The molecule has 5 nitrogen and oxygen atoms in total. The van der Waals surface area contributed by atoms with Gasteiger partial charge < -0.3 is 20.9 Å². The van der Waals surface area contributed by atoms with Crippen molar-refractivity contribution >= 4 is 5.97 Å². The minimum Gasteiger partial charge on any atom is -0.478 e. The highest BCUT2D eigenvalue weighted by molar-refractivity contribution is 5.90. The maximum absolute atomic E-state index is 10.8. The molecule has 5 heteroatoms. The first-order valence-electron chi connectivity index (χ1n) is 5.80. The molecule has 0 aliphatic carbocycles. The number of ether oxygens (including phenoxy) is 1. The van der Waals surface area contributed by atoms with E-state index in [-0.39, 0.29) is 5.57 Å². The number of hydrogen-bond donors (Lipinski definition) is 3. The zero-order valence-electron chi connectivity index (χ0n) is 9.90. The Hall–Kier alpha value is -1.33. The quantitative estimate of drug-likeness (QED) is 0.662. The molecule has 0 radical (unpaired) electrons. The van der Waals surface area contributed by atoms with Gasteiger partial charge in [0.1, 0.15) is 0 Å². The van der Waals surface area contributed by atoms with Gasteiger partial charge in [0, 0.05) is 12.8 Å². The SMILES string of the molecule is CCC1(C2(N)CCOC2)C=CC(C(=O)O)=CN1. The van der Waals surface area contributed by atoms with Crippen molar-refractivity contribution in [2.45, 2.75) is 30.8 Å². The third-order valence-corrected chi connectivity index (χ3v) is 3.78. The maximum atomic E-state index is 10.8. The molecule has 0 amide bonds. The van der Waals surface area contributed by atoms with Crippen molar-refractivity contribution in [1.29, 1.82) is 0 Å². The Morgan fingerprint density at radius 3 is 2.88 bits per heavy atom. The summed E-state index contributed by atoms with van der Waals surface area (Å²) in [5, 5.41) is 12.1. The molecule has 0 aromatic rings. The van der Waals surface area contributed by atoms with Crippen molar-refractivity contribution in [3.05, 3.63) is 23.9 Å². The Kier molecular flexibility index (Phi) is 2.97. The van der Waals surface area contributed by atoms with E-state index in [1.165, 1.54) is 6.20 Å². The number of nitrogens with two attached hydrogens (primary N) is 1. The molecule has 2 rings (SSSR count). The van der Waals surface area contributed by atoms with Crippen molar-refractivity contribution in [3.8, 4) is 0 Å². The summed E-state index contributed by atoms with van der Waals surface area (Å²) in [6.07, 6.45) is 6.57. The van der Waals surface area contributed by atoms with Crippen LogP contribution >= 0.6 is 0 Å². The van der Waals surface area contributed by atoms with Crippen molar-refractivity contribution in [2.75, 3.05) is 13.2 Å². The number of carboxylic acid groups (broad SMARTS) is 1. The van der Waals surface area contributed by atoms with Crippen LogP contribution in [0.4, 0.5) is 0 Å². The topological polar surface area (TPSA) is 84.6 Å². The number of carbonyl (C=O) groups is 1. The van der Waals surface area contributed by atoms with Crippen LogP contribution in [0.5, 0.6) is 0 Å². The van der Waals surface area contributed by atoms with Gasteiger partial charge in [-0.15, -0.1) is 0 Å². The van der Waals surface area contributed by atoms with Gasteiger partial charge in [0.15, 0.2) is 0 Å². The van der Waals surface area contributed by atoms with Crippen LogP contribution < -0.4 is 11.1 Å². The van der Waals surface area contributed by atoms with Crippen LogP contribution in [-0.4, -0.2) is 35.4 Å². The van der Waals surface area contributed by atoms with Crippen LogP contribution in [0.1, 0.15) is 19.8 Å². The molecule has 94 valence electrons. The Balaban J connectivity index is 2.25. The second-order valence-electron chi connectivity index (χ2n) is 4.67. The predicted octanol–water partition coefficient (Wildman–Crippen LogP) is 0.381. The number of carboxylic acids is 1. The molecule has 0 spiro atoms. The third-order valence-electron chi connectivity index (χ3n) is 3.78. The summed E-state index contributed by atoms with van der Waals surface area (Å²) in [5.74, 6) is -0.938. The Labute approximate surface area is 100 Å². The molecule has 2 heterocycles. The number of dihydropyridines is 1. The molecule has 17 heavy (non-hydrogen) atoms. The molecule has 2 aliphatic heterocycles. The first-order chi connectivity index (χ1) is 8.03. The molecule has 0 aromatic carbocycles. The van der Waals surface area contributed by atoms with Gasteiger partial charge in [-0.3, -0.25) is 0 Å². The molecular weight excluding hydrogens is 220 g/mol. The van der Waals surface area contributed by atoms with Gasteiger partial charge in [0.2, 0.25) is 0 Å². The standard InChI is InChI=1S/C12H18N2O3/c1-2-12(11(13)5-6-17-8-11)4-3-9(7-14-12)10(15)16/h3-4,7,14H,2,5-6,8,13H2,1H3,(H,15,16). The minimum atomic E-state index is -0.938. The fourth-order valence-corrected chi connectivity index (χ4v) is 2.48. The van der Waals surface area contributed by atoms with E-state index in [1.54, 1.807) is 6.08 Å². The van der Waals surface area contributed by atoms with Crippen LogP contribution in [0.2, 0.25) is 0 Å². The van der Waals surface area contributed by atoms with Crippen LogP contribution in [0.25, 0.3) is 0 Å². The van der Waals surface area contributed by atoms with Crippen molar-refractivity contribution in [3.63, 3.8) is 0 Å². The number of hydrogen-bond acceptors (Lipinski definition) is 4. The normalized spacial score (nSPS) is 36.5. The lowest BCUT2D eigenvalue weighted by Crippen LogP contribution is -2.66. The molecule has 0 bridgehead atoms. The van der Waals surface area contributed by atoms with Gasteiger partial charge >= 0.3 is 5.97 Å². The highest BCUT2D eigenvalue weighted by Gasteiger charge is 2.48. The molecule has 0 aromatic heterocycles. The van der Waals surface area contributed by atoms with Gasteiger partial charge in [-0.05, 0) is 18.9 Å². The van der Waals surface area contributed by atoms with E-state index in [0.717, 1.165) is 12.8 Å². The summed E-state index contributed by atoms with van der Waals surface area (Å²) >= 11 is 0. The molecule has 0 saturated carbocycles. The molecule has 4 N–H and O–H groups in total. The maximum Gasteiger partial charge on any atom is 0.337 e. The van der Waals surface area contributed by atoms with E-state index in [1.807, 2.05) is 13.0 Å². The molecule has 2 unspecified atom stereocenters. The summed E-state index contributed by atoms with van der Waals surface area (Å²) in [5.41, 5.74) is 5.74. The number of rotatable bonds is 3. The fraction of sp³-hybridized carbons (Fsp3) is 0.583. The summed E-state index contributed by atoms with van der Waals surface area (Å²) < 4.78 is 5.38. The predicted molar refractivity (Wildman–Crippen MR) is 63.4 cm³/mol. The lowest BCUT2D eigenvalue weighted by molar-refractivity contribution is -0.132. The summed E-state index contributed by atoms with van der Waals surface area (Å²) in [6, 6.07) is 0. The number of aliphatic carboxylic acids is 1. The van der Waals surface area contributed by atoms with Crippen molar-refractivity contribution in [2.24, 2.45) is 5.73 Å². The average Bonchev–Trinajstić information content (AvgIpc) is 2.77. The summed E-state index contributed by atoms with van der Waals surface area (Å²) in [7, 11) is 0. The van der Waals surface area contributed by atoms with Crippen LogP contribution in [0.3, 0.4) is 0 Å². The largest absolute Gasteiger partial charge is 0.478 e. The van der Waals surface area contributed by atoms with E-state index in [0.29, 0.717) is 13.2 Å². The van der Waals surface area contributed by atoms with Gasteiger partial charge in [-0.2, -0.15) is 0 Å². The van der Waals surface area contributed by atoms with Crippen LogP contribution in [-0.2, 0) is 9.53 Å². The second-order valence-corrected chi connectivity index (χ2v) is 4.67. The first-order valence-corrected chi connectivity index (χ1v) is 5.80. The Morgan fingerprint density at radius 2 is 2.47 bits per heavy atom. The van der Waals surface area contributed by atoms with Crippen LogP contribution in [0, 0.1) is 0 Å². The zero-order chi connectivity index (χ0) is 12.5. The Morgan fingerprint density at radius 1 is 1.71 bits per heavy atom. The first kappa shape index (κ1) is 12.1. The van der Waals surface area contributed by atoms with Gasteiger partial charge in [-0.25, -0.2) is 4.79 Å². The van der Waals surface area contributed by atoms with Crippen molar-refractivity contribution < 1.29 is 14.6 Å². The van der Waals surface area contributed by atoms with Gasteiger partial charge in [-0.1, -0.05) is 13.0 Å². The van der Waals surface area contributed by atoms with E-state index in [9.17, 15) is 4.79 Å². The van der Waals surface area contributed by atoms with E-state index < -0.39 is 17.0 Å². The monoisotopic (exact) mass is 238 g/mol.